The number of benzene rings is 1. The van der Waals surface area contributed by atoms with Gasteiger partial charge in [-0.3, -0.25) is 4.79 Å². The minimum atomic E-state index is -0.392. The summed E-state index contributed by atoms with van der Waals surface area (Å²) >= 11 is 0. The van der Waals surface area contributed by atoms with Crippen LogP contribution in [0.3, 0.4) is 0 Å². The molecule has 0 saturated heterocycles. The van der Waals surface area contributed by atoms with Gasteiger partial charge in [-0.1, -0.05) is 38.7 Å². The Bertz CT molecular complexity index is 1010. The van der Waals surface area contributed by atoms with E-state index in [-0.39, 0.29) is 5.91 Å². The molecule has 1 fully saturated rings. The third-order valence-electron chi connectivity index (χ3n) is 5.93. The van der Waals surface area contributed by atoms with E-state index < -0.39 is 5.82 Å². The summed E-state index contributed by atoms with van der Waals surface area (Å²) < 4.78 is 16.0. The first-order valence-electron chi connectivity index (χ1n) is 11.0. The fourth-order valence-electron chi connectivity index (χ4n) is 4.41. The van der Waals surface area contributed by atoms with Crippen LogP contribution >= 0.6 is 0 Å². The molecule has 1 aliphatic carbocycles. The minimum Gasteiger partial charge on any atom is -0.331 e. The van der Waals surface area contributed by atoms with Crippen molar-refractivity contribution < 1.29 is 9.18 Å². The molecule has 1 aliphatic rings. The number of rotatable bonds is 8. The highest BCUT2D eigenvalue weighted by molar-refractivity contribution is 5.94. The lowest BCUT2D eigenvalue weighted by molar-refractivity contribution is 0.0732. The van der Waals surface area contributed by atoms with Gasteiger partial charge in [-0.25, -0.2) is 14.4 Å². The van der Waals surface area contributed by atoms with Gasteiger partial charge in [-0.15, -0.1) is 0 Å². The van der Waals surface area contributed by atoms with Crippen LogP contribution < -0.4 is 0 Å². The van der Waals surface area contributed by atoms with Crippen molar-refractivity contribution in [3.05, 3.63) is 59.8 Å². The molecular weight excluding hydrogens is 379 g/mol. The van der Waals surface area contributed by atoms with E-state index in [0.717, 1.165) is 49.1 Å². The van der Waals surface area contributed by atoms with Crippen LogP contribution in [0, 0.1) is 5.82 Å². The number of amides is 1. The minimum absolute atomic E-state index is 0.149. The molecule has 0 atom stereocenters. The van der Waals surface area contributed by atoms with E-state index in [2.05, 4.69) is 16.5 Å². The third-order valence-corrected chi connectivity index (χ3v) is 5.93. The van der Waals surface area contributed by atoms with Gasteiger partial charge in [0.2, 0.25) is 0 Å². The predicted octanol–water partition coefficient (Wildman–Crippen LogP) is 5.52. The zero-order valence-corrected chi connectivity index (χ0v) is 17.6. The second kappa shape index (κ2) is 9.37. The maximum absolute atomic E-state index is 13.7. The summed E-state index contributed by atoms with van der Waals surface area (Å²) in [4.78, 5) is 24.5. The Kier molecular flexibility index (Phi) is 6.41. The molecule has 158 valence electrons. The average molecular weight is 409 g/mol. The molecule has 3 aromatic rings. The van der Waals surface area contributed by atoms with Crippen LogP contribution in [0.1, 0.15) is 74.1 Å². The molecule has 1 aromatic carbocycles. The van der Waals surface area contributed by atoms with E-state index in [4.69, 9.17) is 4.98 Å². The van der Waals surface area contributed by atoms with Gasteiger partial charge in [-0.05, 0) is 49.6 Å². The maximum atomic E-state index is 13.7. The van der Waals surface area contributed by atoms with Crippen molar-refractivity contribution in [3.8, 4) is 0 Å². The van der Waals surface area contributed by atoms with Crippen LogP contribution in [0.4, 0.5) is 4.39 Å². The number of fused-ring (bicyclic) bond motifs is 1. The quantitative estimate of drug-likeness (QED) is 0.461. The normalized spacial score (nSPS) is 14.5. The number of aromatic nitrogens is 3. The molecule has 0 spiro atoms. The summed E-state index contributed by atoms with van der Waals surface area (Å²) in [5.74, 6) is 0.331. The summed E-state index contributed by atoms with van der Waals surface area (Å²) in [6.07, 6.45) is 9.49. The van der Waals surface area contributed by atoms with E-state index in [9.17, 15) is 9.18 Å². The highest BCUT2D eigenvalue weighted by atomic mass is 19.1. The molecule has 0 radical (unpaired) electrons. The second-order valence-electron chi connectivity index (χ2n) is 8.13. The van der Waals surface area contributed by atoms with Gasteiger partial charge in [0.05, 0.1) is 6.54 Å². The maximum Gasteiger partial charge on any atom is 0.254 e. The molecule has 0 aliphatic heterocycles. The molecule has 30 heavy (non-hydrogen) atoms. The van der Waals surface area contributed by atoms with Gasteiger partial charge in [0.25, 0.3) is 5.91 Å². The number of imidazole rings is 1. The van der Waals surface area contributed by atoms with E-state index in [1.54, 1.807) is 18.3 Å². The van der Waals surface area contributed by atoms with Crippen molar-refractivity contribution in [3.63, 3.8) is 0 Å². The average Bonchev–Trinajstić information content (AvgIpc) is 3.39. The molecule has 0 N–H and O–H groups in total. The Morgan fingerprint density at radius 1 is 1.20 bits per heavy atom. The molecule has 0 unspecified atom stereocenters. The summed E-state index contributed by atoms with van der Waals surface area (Å²) in [5, 5.41) is 0. The number of halogens is 1. The molecule has 1 saturated carbocycles. The fraction of sp³-hybridized carbons (Fsp3) is 0.458. The summed E-state index contributed by atoms with van der Waals surface area (Å²) in [7, 11) is 0. The first kappa shape index (κ1) is 20.5. The lowest BCUT2D eigenvalue weighted by Crippen LogP contribution is -2.33. The third kappa shape index (κ3) is 4.37. The number of unbranched alkanes of at least 4 members (excludes halogenated alkanes) is 2. The largest absolute Gasteiger partial charge is 0.331 e. The molecule has 5 nitrogen and oxygen atoms in total. The Hall–Kier alpha value is -2.76. The van der Waals surface area contributed by atoms with Crippen LogP contribution in [0.5, 0.6) is 0 Å². The Morgan fingerprint density at radius 3 is 2.80 bits per heavy atom. The van der Waals surface area contributed by atoms with Crippen molar-refractivity contribution in [2.75, 3.05) is 6.54 Å². The zero-order valence-electron chi connectivity index (χ0n) is 17.6. The summed E-state index contributed by atoms with van der Waals surface area (Å²) in [5.41, 5.74) is 2.14. The Labute approximate surface area is 176 Å². The Morgan fingerprint density at radius 2 is 2.03 bits per heavy atom. The number of pyridine rings is 1. The summed E-state index contributed by atoms with van der Waals surface area (Å²) in [6, 6.07) is 10.2. The lowest BCUT2D eigenvalue weighted by atomic mass is 10.1. The number of hydrogen-bond donors (Lipinski definition) is 0. The fourth-order valence-corrected chi connectivity index (χ4v) is 4.41. The molecule has 6 heteroatoms. The molecule has 4 rings (SSSR count). The Balaban J connectivity index is 1.67. The van der Waals surface area contributed by atoms with E-state index in [0.29, 0.717) is 24.7 Å². The van der Waals surface area contributed by atoms with Gasteiger partial charge in [0.1, 0.15) is 17.2 Å². The first-order chi connectivity index (χ1) is 14.7. The molecule has 0 bridgehead atoms. The van der Waals surface area contributed by atoms with E-state index in [1.165, 1.54) is 25.0 Å². The van der Waals surface area contributed by atoms with E-state index in [1.807, 2.05) is 17.0 Å². The number of nitrogens with zero attached hydrogens (tertiary/aromatic N) is 4. The SMILES string of the molecule is CCCCCN(Cc1nc2cccnc2n1C1CCCC1)C(=O)c1cccc(F)c1. The van der Waals surface area contributed by atoms with Gasteiger partial charge < -0.3 is 9.47 Å². The van der Waals surface area contributed by atoms with Crippen LogP contribution in [0.2, 0.25) is 0 Å². The number of carbonyl (C=O) groups excluding carboxylic acids is 1. The van der Waals surface area contributed by atoms with Gasteiger partial charge in [0, 0.05) is 24.3 Å². The first-order valence-corrected chi connectivity index (χ1v) is 11.0. The van der Waals surface area contributed by atoms with Crippen LogP contribution in [0.25, 0.3) is 11.2 Å². The van der Waals surface area contributed by atoms with Crippen molar-refractivity contribution >= 4 is 17.1 Å². The lowest BCUT2D eigenvalue weighted by Gasteiger charge is -2.24. The molecule has 2 aromatic heterocycles. The highest BCUT2D eigenvalue weighted by Gasteiger charge is 2.26. The van der Waals surface area contributed by atoms with Crippen LogP contribution in [-0.2, 0) is 6.54 Å². The van der Waals surface area contributed by atoms with Gasteiger partial charge in [-0.2, -0.15) is 0 Å². The second-order valence-corrected chi connectivity index (χ2v) is 8.13. The monoisotopic (exact) mass is 408 g/mol. The van der Waals surface area contributed by atoms with Crippen molar-refractivity contribution in [2.24, 2.45) is 0 Å². The topological polar surface area (TPSA) is 51.0 Å². The summed E-state index contributed by atoms with van der Waals surface area (Å²) in [6.45, 7) is 3.18. The zero-order chi connectivity index (χ0) is 20.9. The molecule has 1 amide bonds. The van der Waals surface area contributed by atoms with Gasteiger partial charge in [0.15, 0.2) is 5.65 Å². The highest BCUT2D eigenvalue weighted by Crippen LogP contribution is 2.33. The van der Waals surface area contributed by atoms with Crippen molar-refractivity contribution in [2.45, 2.75) is 64.5 Å². The molecule has 2 heterocycles. The van der Waals surface area contributed by atoms with Crippen molar-refractivity contribution in [1.29, 1.82) is 0 Å². The molecular formula is C24H29FN4O. The number of carbonyl (C=O) groups is 1. The van der Waals surface area contributed by atoms with E-state index >= 15 is 0 Å². The van der Waals surface area contributed by atoms with Gasteiger partial charge >= 0.3 is 0 Å². The van der Waals surface area contributed by atoms with Crippen LogP contribution in [-0.4, -0.2) is 31.9 Å². The van der Waals surface area contributed by atoms with Crippen molar-refractivity contribution in [1.82, 2.24) is 19.4 Å². The number of hydrogen-bond acceptors (Lipinski definition) is 3. The smallest absolute Gasteiger partial charge is 0.254 e. The standard InChI is InChI=1S/C24H29FN4O/c1-2-3-6-15-28(24(30)18-9-7-10-19(25)16-18)17-22-27-21-13-8-14-26-23(21)29(22)20-11-4-5-12-20/h7-10,13-14,16,20H,2-6,11-12,15,17H2,1H3. The predicted molar refractivity (Wildman–Crippen MR) is 116 cm³/mol. The van der Waals surface area contributed by atoms with Crippen LogP contribution in [0.15, 0.2) is 42.6 Å².